The first-order valence-electron chi connectivity index (χ1n) is 11.5. The lowest BCUT2D eigenvalue weighted by atomic mass is 9.98. The van der Waals surface area contributed by atoms with Crippen LogP contribution in [0.3, 0.4) is 0 Å². The molecule has 0 spiro atoms. The van der Waals surface area contributed by atoms with Crippen LogP contribution in [0.5, 0.6) is 0 Å². The number of carbonyl (C=O) groups is 1. The fourth-order valence-electron chi connectivity index (χ4n) is 4.14. The SMILES string of the molecule is Cc1ccc(-c2cc(-c3ccc(C)cc3)c3c(N)c(C(=O)Nc4ccccc4C(F)(F)F)sc3n2)cc1. The number of para-hydroxylation sites is 1. The smallest absolute Gasteiger partial charge is 0.397 e. The first kappa shape index (κ1) is 24.5. The summed E-state index contributed by atoms with van der Waals surface area (Å²) >= 11 is 1.06. The molecular weight excluding hydrogens is 495 g/mol. The van der Waals surface area contributed by atoms with Crippen LogP contribution >= 0.6 is 11.3 Å². The van der Waals surface area contributed by atoms with Crippen LogP contribution in [0.4, 0.5) is 24.5 Å². The maximum absolute atomic E-state index is 13.5. The summed E-state index contributed by atoms with van der Waals surface area (Å²) < 4.78 is 40.4. The number of hydrogen-bond acceptors (Lipinski definition) is 4. The predicted octanol–water partition coefficient (Wildman–Crippen LogP) is 8.10. The van der Waals surface area contributed by atoms with Crippen molar-refractivity contribution in [2.75, 3.05) is 11.1 Å². The number of nitrogens with zero attached hydrogens (tertiary/aromatic N) is 1. The molecule has 0 aliphatic heterocycles. The fourth-order valence-corrected chi connectivity index (χ4v) is 5.16. The van der Waals surface area contributed by atoms with Gasteiger partial charge in [0.05, 0.1) is 22.6 Å². The number of benzene rings is 3. The van der Waals surface area contributed by atoms with Gasteiger partial charge in [0.25, 0.3) is 5.91 Å². The Morgan fingerprint density at radius 1 is 0.892 bits per heavy atom. The predicted molar refractivity (Wildman–Crippen MR) is 144 cm³/mol. The summed E-state index contributed by atoms with van der Waals surface area (Å²) in [5.74, 6) is -0.719. The zero-order chi connectivity index (χ0) is 26.3. The standard InChI is InChI=1S/C29H22F3N3OS/c1-16-7-11-18(12-8-16)20-15-23(19-13-9-17(2)10-14-19)35-28-24(20)25(33)26(37-28)27(36)34-22-6-4-3-5-21(22)29(30,31)32/h3-15H,33H2,1-2H3,(H,34,36). The molecule has 2 aromatic heterocycles. The number of aromatic nitrogens is 1. The highest BCUT2D eigenvalue weighted by Gasteiger charge is 2.34. The molecule has 1 amide bonds. The molecule has 0 unspecified atom stereocenters. The summed E-state index contributed by atoms with van der Waals surface area (Å²) in [6.07, 6.45) is -4.61. The van der Waals surface area contributed by atoms with Crippen molar-refractivity contribution in [2.45, 2.75) is 20.0 Å². The lowest BCUT2D eigenvalue weighted by Gasteiger charge is -2.13. The molecule has 0 aliphatic carbocycles. The second-order valence-corrected chi connectivity index (χ2v) is 9.81. The average Bonchev–Trinajstić information content (AvgIpc) is 3.20. The van der Waals surface area contributed by atoms with Crippen LogP contribution in [0.15, 0.2) is 78.9 Å². The molecule has 2 heterocycles. The number of nitrogen functional groups attached to an aromatic ring is 1. The van der Waals surface area contributed by atoms with Crippen LogP contribution in [0.25, 0.3) is 32.6 Å². The average molecular weight is 518 g/mol. The minimum atomic E-state index is -4.61. The van der Waals surface area contributed by atoms with Gasteiger partial charge in [-0.05, 0) is 43.2 Å². The fraction of sp³-hybridized carbons (Fsp3) is 0.103. The third kappa shape index (κ3) is 4.80. The first-order chi connectivity index (χ1) is 17.6. The lowest BCUT2D eigenvalue weighted by molar-refractivity contribution is -0.136. The van der Waals surface area contributed by atoms with Crippen molar-refractivity contribution in [1.82, 2.24) is 4.98 Å². The van der Waals surface area contributed by atoms with Gasteiger partial charge in [-0.2, -0.15) is 13.2 Å². The van der Waals surface area contributed by atoms with E-state index < -0.39 is 17.6 Å². The lowest BCUT2D eigenvalue weighted by Crippen LogP contribution is -2.16. The number of pyridine rings is 1. The summed E-state index contributed by atoms with van der Waals surface area (Å²) in [7, 11) is 0. The van der Waals surface area contributed by atoms with E-state index in [0.29, 0.717) is 15.9 Å². The number of nitrogens with one attached hydrogen (secondary N) is 1. The van der Waals surface area contributed by atoms with Gasteiger partial charge < -0.3 is 11.1 Å². The number of fused-ring (bicyclic) bond motifs is 1. The van der Waals surface area contributed by atoms with E-state index in [1.54, 1.807) is 0 Å². The molecule has 4 nitrogen and oxygen atoms in total. The monoisotopic (exact) mass is 517 g/mol. The van der Waals surface area contributed by atoms with E-state index in [9.17, 15) is 18.0 Å². The molecule has 0 saturated heterocycles. The van der Waals surface area contributed by atoms with Crippen LogP contribution in [-0.2, 0) is 6.18 Å². The summed E-state index contributed by atoms with van der Waals surface area (Å²) in [4.78, 5) is 18.6. The third-order valence-electron chi connectivity index (χ3n) is 6.10. The van der Waals surface area contributed by atoms with Crippen LogP contribution in [0.2, 0.25) is 0 Å². The Labute approximate surface area is 215 Å². The number of alkyl halides is 3. The maximum atomic E-state index is 13.5. The molecule has 37 heavy (non-hydrogen) atoms. The van der Waals surface area contributed by atoms with Gasteiger partial charge in [0.2, 0.25) is 0 Å². The van der Waals surface area contributed by atoms with Crippen molar-refractivity contribution in [1.29, 1.82) is 0 Å². The molecule has 186 valence electrons. The molecule has 0 aliphatic rings. The van der Waals surface area contributed by atoms with E-state index >= 15 is 0 Å². The second-order valence-electron chi connectivity index (χ2n) is 8.81. The number of carbonyl (C=O) groups excluding carboxylic acids is 1. The molecule has 0 atom stereocenters. The zero-order valence-corrected chi connectivity index (χ0v) is 20.8. The van der Waals surface area contributed by atoms with E-state index in [-0.39, 0.29) is 16.3 Å². The summed E-state index contributed by atoms with van der Waals surface area (Å²) in [6.45, 7) is 3.99. The quantitative estimate of drug-likeness (QED) is 0.253. The van der Waals surface area contributed by atoms with E-state index in [1.807, 2.05) is 68.4 Å². The van der Waals surface area contributed by atoms with Gasteiger partial charge in [0.15, 0.2) is 0 Å². The Kier molecular flexibility index (Phi) is 6.21. The molecule has 8 heteroatoms. The topological polar surface area (TPSA) is 68.0 Å². The van der Waals surface area contributed by atoms with Gasteiger partial charge >= 0.3 is 6.18 Å². The number of thiophene rings is 1. The molecule has 0 saturated carbocycles. The minimum absolute atomic E-state index is 0.105. The normalized spacial score (nSPS) is 11.6. The van der Waals surface area contributed by atoms with Crippen molar-refractivity contribution < 1.29 is 18.0 Å². The van der Waals surface area contributed by atoms with Crippen LogP contribution in [0, 0.1) is 13.8 Å². The summed E-state index contributed by atoms with van der Waals surface area (Å²) in [5.41, 5.74) is 10.9. The Hall–Kier alpha value is -4.17. The zero-order valence-electron chi connectivity index (χ0n) is 20.0. The number of amides is 1. The van der Waals surface area contributed by atoms with Gasteiger partial charge in [-0.3, -0.25) is 4.79 Å². The van der Waals surface area contributed by atoms with Gasteiger partial charge in [-0.15, -0.1) is 11.3 Å². The molecule has 0 fully saturated rings. The number of hydrogen-bond donors (Lipinski definition) is 2. The van der Waals surface area contributed by atoms with Crippen molar-refractivity contribution in [3.8, 4) is 22.4 Å². The largest absolute Gasteiger partial charge is 0.418 e. The van der Waals surface area contributed by atoms with Crippen LogP contribution < -0.4 is 11.1 Å². The van der Waals surface area contributed by atoms with E-state index in [4.69, 9.17) is 10.7 Å². The Morgan fingerprint density at radius 3 is 2.11 bits per heavy atom. The summed E-state index contributed by atoms with van der Waals surface area (Å²) in [5, 5.41) is 2.99. The molecule has 5 aromatic rings. The van der Waals surface area contributed by atoms with Gasteiger partial charge in [0, 0.05) is 10.9 Å². The highest BCUT2D eigenvalue weighted by atomic mass is 32.1. The Bertz CT molecular complexity index is 1620. The van der Waals surface area contributed by atoms with Gasteiger partial charge in [-0.1, -0.05) is 71.8 Å². The van der Waals surface area contributed by atoms with Gasteiger partial charge in [-0.25, -0.2) is 4.98 Å². The Balaban J connectivity index is 1.66. The molecular formula is C29H22F3N3OS. The third-order valence-corrected chi connectivity index (χ3v) is 7.19. The molecule has 0 bridgehead atoms. The van der Waals surface area contributed by atoms with Crippen molar-refractivity contribution >= 4 is 38.8 Å². The molecule has 0 radical (unpaired) electrons. The summed E-state index contributed by atoms with van der Waals surface area (Å²) in [6, 6.07) is 22.6. The molecule has 5 rings (SSSR count). The molecule has 3 aromatic carbocycles. The van der Waals surface area contributed by atoms with Crippen LogP contribution in [0.1, 0.15) is 26.4 Å². The van der Waals surface area contributed by atoms with E-state index in [0.717, 1.165) is 45.2 Å². The number of rotatable bonds is 4. The minimum Gasteiger partial charge on any atom is -0.397 e. The number of halogens is 3. The number of anilines is 2. The van der Waals surface area contributed by atoms with Crippen molar-refractivity contribution in [2.24, 2.45) is 0 Å². The molecule has 3 N–H and O–H groups in total. The first-order valence-corrected chi connectivity index (χ1v) is 12.3. The van der Waals surface area contributed by atoms with Gasteiger partial charge in [0.1, 0.15) is 9.71 Å². The highest BCUT2D eigenvalue weighted by molar-refractivity contribution is 7.21. The number of aryl methyl sites for hydroxylation is 2. The maximum Gasteiger partial charge on any atom is 0.418 e. The van der Waals surface area contributed by atoms with E-state index in [1.165, 1.54) is 18.2 Å². The van der Waals surface area contributed by atoms with E-state index in [2.05, 4.69) is 5.32 Å². The highest BCUT2D eigenvalue weighted by Crippen LogP contribution is 2.42. The number of nitrogens with two attached hydrogens (primary N) is 1. The Morgan fingerprint density at radius 2 is 1.49 bits per heavy atom. The second kappa shape index (κ2) is 9.37. The van der Waals surface area contributed by atoms with Crippen molar-refractivity contribution in [3.63, 3.8) is 0 Å². The van der Waals surface area contributed by atoms with Crippen LogP contribution in [-0.4, -0.2) is 10.9 Å². The van der Waals surface area contributed by atoms with Crippen molar-refractivity contribution in [3.05, 3.63) is 100 Å².